The number of fused-ring (bicyclic) bond motifs is 1. The van der Waals surface area contributed by atoms with Crippen molar-refractivity contribution >= 4 is 23.5 Å². The molecule has 1 aliphatic heterocycles. The Balaban J connectivity index is 1.71. The second kappa shape index (κ2) is 9.42. The number of esters is 1. The van der Waals surface area contributed by atoms with E-state index in [1.165, 1.54) is 12.4 Å². The minimum Gasteiger partial charge on any atom is -0.463 e. The maximum Gasteiger partial charge on any atom is 0.338 e. The van der Waals surface area contributed by atoms with E-state index >= 15 is 0 Å². The summed E-state index contributed by atoms with van der Waals surface area (Å²) in [4.78, 5) is 31.7. The molecule has 34 heavy (non-hydrogen) atoms. The minimum atomic E-state index is -1.07. The zero-order valence-corrected chi connectivity index (χ0v) is 18.9. The molecular formula is C24H23F2N5O3. The number of aromatic nitrogens is 3. The maximum absolute atomic E-state index is 13.5. The van der Waals surface area contributed by atoms with Gasteiger partial charge in [-0.1, -0.05) is 29.8 Å². The van der Waals surface area contributed by atoms with Crippen LogP contribution in [0.1, 0.15) is 31.0 Å². The van der Waals surface area contributed by atoms with Gasteiger partial charge >= 0.3 is 5.97 Å². The summed E-state index contributed by atoms with van der Waals surface area (Å²) in [6.45, 7) is 5.32. The first kappa shape index (κ1) is 23.1. The Hall–Kier alpha value is -4.08. The van der Waals surface area contributed by atoms with E-state index in [9.17, 15) is 18.4 Å². The van der Waals surface area contributed by atoms with Gasteiger partial charge in [-0.25, -0.2) is 18.3 Å². The normalized spacial score (nSPS) is 15.2. The Kier molecular flexibility index (Phi) is 6.40. The largest absolute Gasteiger partial charge is 0.463 e. The number of hydrogen-bond donors (Lipinski definition) is 1. The number of nitrogens with one attached hydrogen (secondary N) is 1. The molecule has 0 saturated carbocycles. The molecular weight excluding hydrogens is 444 g/mol. The lowest BCUT2D eigenvalue weighted by atomic mass is 9.94. The van der Waals surface area contributed by atoms with Gasteiger partial charge in [0.05, 0.1) is 12.2 Å². The first-order valence-electron chi connectivity index (χ1n) is 10.7. The number of anilines is 2. The van der Waals surface area contributed by atoms with E-state index in [1.807, 2.05) is 31.2 Å². The number of hydrogen-bond acceptors (Lipinski definition) is 6. The van der Waals surface area contributed by atoms with E-state index in [4.69, 9.17) is 4.74 Å². The van der Waals surface area contributed by atoms with Crippen molar-refractivity contribution in [2.75, 3.05) is 23.4 Å². The first-order valence-corrected chi connectivity index (χ1v) is 10.7. The number of carbonyl (C=O) groups is 2. The Labute approximate surface area is 194 Å². The summed E-state index contributed by atoms with van der Waals surface area (Å²) in [6, 6.07) is 10.2. The van der Waals surface area contributed by atoms with Crippen molar-refractivity contribution in [1.82, 2.24) is 14.8 Å². The average Bonchev–Trinajstić information content (AvgIpc) is 3.28. The van der Waals surface area contributed by atoms with Crippen molar-refractivity contribution in [3.8, 4) is 0 Å². The summed E-state index contributed by atoms with van der Waals surface area (Å²) in [5, 5.41) is 6.86. The fraction of sp³-hybridized carbons (Fsp3) is 0.250. The van der Waals surface area contributed by atoms with Crippen molar-refractivity contribution in [1.29, 1.82) is 0 Å². The summed E-state index contributed by atoms with van der Waals surface area (Å²) >= 11 is 0. The van der Waals surface area contributed by atoms with Crippen LogP contribution >= 0.6 is 0 Å². The number of allylic oxidation sites excluding steroid dienone is 1. The van der Waals surface area contributed by atoms with Gasteiger partial charge in [0.1, 0.15) is 18.9 Å². The van der Waals surface area contributed by atoms with Crippen molar-refractivity contribution in [2.45, 2.75) is 26.8 Å². The highest BCUT2D eigenvalue weighted by atomic mass is 19.2. The van der Waals surface area contributed by atoms with E-state index in [1.54, 1.807) is 23.4 Å². The Morgan fingerprint density at radius 2 is 1.82 bits per heavy atom. The van der Waals surface area contributed by atoms with E-state index in [-0.39, 0.29) is 18.8 Å². The highest BCUT2D eigenvalue weighted by molar-refractivity contribution is 5.96. The molecule has 0 saturated heterocycles. The molecule has 10 heteroatoms. The fourth-order valence-electron chi connectivity index (χ4n) is 3.87. The van der Waals surface area contributed by atoms with E-state index in [0.29, 0.717) is 17.2 Å². The van der Waals surface area contributed by atoms with E-state index in [0.717, 1.165) is 23.3 Å². The van der Waals surface area contributed by atoms with Gasteiger partial charge in [-0.3, -0.25) is 4.79 Å². The van der Waals surface area contributed by atoms with Gasteiger partial charge in [0, 0.05) is 17.5 Å². The number of benzene rings is 2. The highest BCUT2D eigenvalue weighted by Gasteiger charge is 2.38. The molecule has 8 nitrogen and oxygen atoms in total. The molecule has 176 valence electrons. The van der Waals surface area contributed by atoms with Crippen LogP contribution in [0.25, 0.3) is 0 Å². The number of aryl methyl sites for hydroxylation is 1. The lowest BCUT2D eigenvalue weighted by Crippen LogP contribution is -2.40. The highest BCUT2D eigenvalue weighted by Crippen LogP contribution is 2.38. The van der Waals surface area contributed by atoms with E-state index in [2.05, 4.69) is 15.4 Å². The van der Waals surface area contributed by atoms with Crippen LogP contribution in [-0.2, 0) is 14.3 Å². The Morgan fingerprint density at radius 1 is 1.09 bits per heavy atom. The number of rotatable bonds is 6. The van der Waals surface area contributed by atoms with Gasteiger partial charge in [-0.2, -0.15) is 10.1 Å². The summed E-state index contributed by atoms with van der Waals surface area (Å²) in [5.74, 6) is -2.77. The predicted molar refractivity (Wildman–Crippen MR) is 121 cm³/mol. The molecule has 1 aliphatic rings. The molecule has 2 heterocycles. The number of nitrogens with zero attached hydrogens (tertiary/aromatic N) is 4. The van der Waals surface area contributed by atoms with Gasteiger partial charge < -0.3 is 15.0 Å². The molecule has 3 aromatic rings. The SMILES string of the molecule is CCOC(=O)C1=C(C)N(CC(=O)Nc2ccc(F)c(F)c2)c2ncnn2[C@H]1c1ccc(C)cc1. The van der Waals surface area contributed by atoms with Crippen LogP contribution in [0.2, 0.25) is 0 Å². The van der Waals surface area contributed by atoms with Crippen molar-refractivity contribution in [2.24, 2.45) is 0 Å². The van der Waals surface area contributed by atoms with Crippen LogP contribution in [0.5, 0.6) is 0 Å². The average molecular weight is 467 g/mol. The number of ether oxygens (including phenoxy) is 1. The quantitative estimate of drug-likeness (QED) is 0.556. The number of amides is 1. The minimum absolute atomic E-state index is 0.104. The molecule has 4 rings (SSSR count). The molecule has 1 amide bonds. The third-order valence-electron chi connectivity index (χ3n) is 5.50. The Bertz CT molecular complexity index is 1270. The molecule has 0 bridgehead atoms. The summed E-state index contributed by atoms with van der Waals surface area (Å²) in [7, 11) is 0. The molecule has 0 spiro atoms. The van der Waals surface area contributed by atoms with Crippen molar-refractivity contribution < 1.29 is 23.1 Å². The van der Waals surface area contributed by atoms with Gasteiger partial charge in [0.15, 0.2) is 11.6 Å². The first-order chi connectivity index (χ1) is 16.3. The van der Waals surface area contributed by atoms with Gasteiger partial charge in [0.25, 0.3) is 0 Å². The molecule has 0 aliphatic carbocycles. The lowest BCUT2D eigenvalue weighted by molar-refractivity contribution is -0.139. The summed E-state index contributed by atoms with van der Waals surface area (Å²) in [5.41, 5.74) is 2.78. The standard InChI is InChI=1S/C24H23F2N5O3/c1-4-34-23(33)21-15(3)30(12-20(32)29-17-9-10-18(25)19(26)11-17)24-27-13-28-31(24)22(21)16-7-5-14(2)6-8-16/h5-11,13,22H,4,12H2,1-3H3,(H,29,32)/t22-/m0/s1. The van der Waals surface area contributed by atoms with Crippen LogP contribution in [0.15, 0.2) is 60.1 Å². The molecule has 1 atom stereocenters. The monoisotopic (exact) mass is 467 g/mol. The molecule has 0 radical (unpaired) electrons. The molecule has 1 N–H and O–H groups in total. The second-order valence-electron chi connectivity index (χ2n) is 7.80. The zero-order valence-electron chi connectivity index (χ0n) is 18.9. The van der Waals surface area contributed by atoms with E-state index < -0.39 is 29.6 Å². The van der Waals surface area contributed by atoms with Gasteiger partial charge in [-0.05, 0) is 38.5 Å². The lowest BCUT2D eigenvalue weighted by Gasteiger charge is -2.35. The molecule has 0 unspecified atom stereocenters. The van der Waals surface area contributed by atoms with Crippen LogP contribution in [0.4, 0.5) is 20.4 Å². The van der Waals surface area contributed by atoms with Crippen LogP contribution in [0, 0.1) is 18.6 Å². The molecule has 0 fully saturated rings. The fourth-order valence-corrected chi connectivity index (χ4v) is 3.87. The topological polar surface area (TPSA) is 89.3 Å². The Morgan fingerprint density at radius 3 is 2.50 bits per heavy atom. The van der Waals surface area contributed by atoms with Gasteiger partial charge in [-0.15, -0.1) is 0 Å². The van der Waals surface area contributed by atoms with Gasteiger partial charge in [0.2, 0.25) is 11.9 Å². The third kappa shape index (κ3) is 4.39. The summed E-state index contributed by atoms with van der Waals surface area (Å²) in [6.07, 6.45) is 1.35. The van der Waals surface area contributed by atoms with Crippen molar-refractivity contribution in [3.63, 3.8) is 0 Å². The smallest absolute Gasteiger partial charge is 0.338 e. The zero-order chi connectivity index (χ0) is 24.4. The second-order valence-corrected chi connectivity index (χ2v) is 7.80. The molecule has 2 aromatic carbocycles. The van der Waals surface area contributed by atoms with Crippen LogP contribution < -0.4 is 10.2 Å². The van der Waals surface area contributed by atoms with Crippen LogP contribution in [0.3, 0.4) is 0 Å². The summed E-state index contributed by atoms with van der Waals surface area (Å²) < 4.78 is 33.6. The van der Waals surface area contributed by atoms with Crippen LogP contribution in [-0.4, -0.2) is 39.8 Å². The van der Waals surface area contributed by atoms with Crippen molar-refractivity contribution in [3.05, 3.63) is 82.8 Å². The molecule has 1 aromatic heterocycles. The predicted octanol–water partition coefficient (Wildman–Crippen LogP) is 3.75. The maximum atomic E-state index is 13.5. The number of halogens is 2. The number of carbonyl (C=O) groups excluding carboxylic acids is 2. The third-order valence-corrected chi connectivity index (χ3v) is 5.50.